The van der Waals surface area contributed by atoms with Gasteiger partial charge in [0.1, 0.15) is 0 Å². The number of hydrogen-bond acceptors (Lipinski definition) is 2. The minimum Gasteiger partial charge on any atom is -0.351 e. The Kier molecular flexibility index (Phi) is 5.07. The molecule has 1 spiro atoms. The van der Waals surface area contributed by atoms with Crippen LogP contribution in [0.5, 0.6) is 0 Å². The monoisotopic (exact) mass is 348 g/mol. The molecule has 0 atom stereocenters. The van der Waals surface area contributed by atoms with Crippen molar-refractivity contribution >= 4 is 5.91 Å². The predicted molar refractivity (Wildman–Crippen MR) is 104 cm³/mol. The van der Waals surface area contributed by atoms with Crippen molar-refractivity contribution in [2.75, 3.05) is 0 Å². The van der Waals surface area contributed by atoms with Gasteiger partial charge in [-0.3, -0.25) is 9.69 Å². The topological polar surface area (TPSA) is 32.3 Å². The molecular formula is C23H28N2O. The van der Waals surface area contributed by atoms with E-state index in [1.807, 2.05) is 0 Å². The van der Waals surface area contributed by atoms with Crippen LogP contribution in [0.2, 0.25) is 0 Å². The Labute approximate surface area is 156 Å². The zero-order valence-electron chi connectivity index (χ0n) is 15.4. The molecule has 2 aromatic rings. The van der Waals surface area contributed by atoms with E-state index in [4.69, 9.17) is 0 Å². The maximum Gasteiger partial charge on any atom is 0.220 e. The van der Waals surface area contributed by atoms with Crippen molar-refractivity contribution in [3.63, 3.8) is 0 Å². The molecule has 0 bridgehead atoms. The molecule has 4 rings (SSSR count). The molecule has 2 aliphatic rings. The largest absolute Gasteiger partial charge is 0.351 e. The zero-order chi connectivity index (χ0) is 17.8. The number of nitrogens with zero attached hydrogens (tertiary/aromatic N) is 1. The summed E-state index contributed by atoms with van der Waals surface area (Å²) in [7, 11) is 0. The lowest BCUT2D eigenvalue weighted by molar-refractivity contribution is -0.120. The van der Waals surface area contributed by atoms with E-state index in [1.165, 1.54) is 24.0 Å². The molecule has 2 aromatic carbocycles. The van der Waals surface area contributed by atoms with Gasteiger partial charge in [0, 0.05) is 31.1 Å². The predicted octanol–water partition coefficient (Wildman–Crippen LogP) is 4.28. The molecule has 1 saturated heterocycles. The van der Waals surface area contributed by atoms with Gasteiger partial charge in [-0.05, 0) is 43.2 Å². The first-order valence-corrected chi connectivity index (χ1v) is 9.85. The second-order valence-electron chi connectivity index (χ2n) is 7.94. The Hall–Kier alpha value is -2.13. The van der Waals surface area contributed by atoms with Gasteiger partial charge < -0.3 is 5.32 Å². The Bertz CT molecular complexity index is 679. The van der Waals surface area contributed by atoms with Crippen molar-refractivity contribution in [2.24, 2.45) is 0 Å². The number of hydrogen-bond donors (Lipinski definition) is 1. The lowest BCUT2D eigenvalue weighted by atomic mass is 9.78. The zero-order valence-corrected chi connectivity index (χ0v) is 15.4. The van der Waals surface area contributed by atoms with Crippen LogP contribution in [0.1, 0.15) is 49.7 Å². The first-order chi connectivity index (χ1) is 12.7. The molecule has 1 N–H and O–H groups in total. The second kappa shape index (κ2) is 7.63. The summed E-state index contributed by atoms with van der Waals surface area (Å²) in [5.41, 5.74) is 2.84. The van der Waals surface area contributed by atoms with Crippen LogP contribution in [0.15, 0.2) is 60.7 Å². The van der Waals surface area contributed by atoms with E-state index in [1.54, 1.807) is 0 Å². The summed E-state index contributed by atoms with van der Waals surface area (Å²) in [4.78, 5) is 14.3. The van der Waals surface area contributed by atoms with Crippen LogP contribution >= 0.6 is 0 Å². The first kappa shape index (κ1) is 17.3. The summed E-state index contributed by atoms with van der Waals surface area (Å²) < 4.78 is 0. The van der Waals surface area contributed by atoms with Gasteiger partial charge >= 0.3 is 0 Å². The van der Waals surface area contributed by atoms with Gasteiger partial charge in [0.15, 0.2) is 0 Å². The molecule has 0 unspecified atom stereocenters. The average Bonchev–Trinajstić information content (AvgIpc) is 3.04. The van der Waals surface area contributed by atoms with Gasteiger partial charge in [-0.25, -0.2) is 0 Å². The van der Waals surface area contributed by atoms with Gasteiger partial charge in [0.2, 0.25) is 5.91 Å². The highest BCUT2D eigenvalue weighted by Crippen LogP contribution is 2.37. The SMILES string of the molecule is O=C1CCC2(CCC(N(Cc3ccccc3)Cc3ccccc3)CC2)N1. The summed E-state index contributed by atoms with van der Waals surface area (Å²) in [6.07, 6.45) is 6.30. The Morgan fingerprint density at radius 1 is 0.846 bits per heavy atom. The molecule has 2 fully saturated rings. The number of rotatable bonds is 5. The normalized spacial score (nSPS) is 25.6. The lowest BCUT2D eigenvalue weighted by Crippen LogP contribution is -2.48. The molecule has 3 heteroatoms. The molecule has 136 valence electrons. The first-order valence-electron chi connectivity index (χ1n) is 9.85. The highest BCUT2D eigenvalue weighted by atomic mass is 16.2. The number of benzene rings is 2. The molecule has 26 heavy (non-hydrogen) atoms. The fourth-order valence-electron chi connectivity index (χ4n) is 4.62. The van der Waals surface area contributed by atoms with E-state index in [9.17, 15) is 4.79 Å². The number of amides is 1. The van der Waals surface area contributed by atoms with Crippen LogP contribution in [0.25, 0.3) is 0 Å². The van der Waals surface area contributed by atoms with Gasteiger partial charge in [0.25, 0.3) is 0 Å². The van der Waals surface area contributed by atoms with Crippen LogP contribution in [0.4, 0.5) is 0 Å². The van der Waals surface area contributed by atoms with Crippen molar-refractivity contribution in [3.05, 3.63) is 71.8 Å². The van der Waals surface area contributed by atoms with Gasteiger partial charge in [-0.15, -0.1) is 0 Å². The average molecular weight is 348 g/mol. The Morgan fingerprint density at radius 3 is 1.85 bits per heavy atom. The van der Waals surface area contributed by atoms with Crippen LogP contribution in [-0.2, 0) is 17.9 Å². The van der Waals surface area contributed by atoms with Crippen molar-refractivity contribution in [1.82, 2.24) is 10.2 Å². The summed E-state index contributed by atoms with van der Waals surface area (Å²) in [6.45, 7) is 1.97. The molecule has 3 nitrogen and oxygen atoms in total. The van der Waals surface area contributed by atoms with Crippen molar-refractivity contribution in [3.8, 4) is 0 Å². The summed E-state index contributed by atoms with van der Waals surface area (Å²) in [6, 6.07) is 22.1. The van der Waals surface area contributed by atoms with Crippen LogP contribution in [0.3, 0.4) is 0 Å². The second-order valence-corrected chi connectivity index (χ2v) is 7.94. The molecule has 1 amide bonds. The van der Waals surface area contributed by atoms with Gasteiger partial charge in [-0.2, -0.15) is 0 Å². The molecule has 1 saturated carbocycles. The van der Waals surface area contributed by atoms with Crippen molar-refractivity contribution < 1.29 is 4.79 Å². The highest BCUT2D eigenvalue weighted by Gasteiger charge is 2.41. The smallest absolute Gasteiger partial charge is 0.220 e. The number of nitrogens with one attached hydrogen (secondary N) is 1. The van der Waals surface area contributed by atoms with Gasteiger partial charge in [-0.1, -0.05) is 60.7 Å². The number of carbonyl (C=O) groups excluding carboxylic acids is 1. The minimum absolute atomic E-state index is 0.0960. The van der Waals surface area contributed by atoms with Crippen LogP contribution < -0.4 is 5.32 Å². The van der Waals surface area contributed by atoms with E-state index in [0.29, 0.717) is 12.5 Å². The molecule has 1 aliphatic heterocycles. The van der Waals surface area contributed by atoms with Crippen LogP contribution in [-0.4, -0.2) is 22.4 Å². The van der Waals surface area contributed by atoms with E-state index in [2.05, 4.69) is 70.9 Å². The van der Waals surface area contributed by atoms with E-state index in [0.717, 1.165) is 32.4 Å². The van der Waals surface area contributed by atoms with E-state index >= 15 is 0 Å². The summed E-state index contributed by atoms with van der Waals surface area (Å²) in [5, 5.41) is 3.27. The van der Waals surface area contributed by atoms with Crippen molar-refractivity contribution in [1.29, 1.82) is 0 Å². The third-order valence-electron chi connectivity index (χ3n) is 6.12. The Morgan fingerprint density at radius 2 is 1.38 bits per heavy atom. The maximum atomic E-state index is 11.7. The lowest BCUT2D eigenvalue weighted by Gasteiger charge is -2.42. The molecule has 1 aliphatic carbocycles. The third-order valence-corrected chi connectivity index (χ3v) is 6.12. The molecule has 1 heterocycles. The summed E-state index contributed by atoms with van der Waals surface area (Å²) >= 11 is 0. The van der Waals surface area contributed by atoms with Crippen molar-refractivity contribution in [2.45, 2.75) is 63.2 Å². The van der Waals surface area contributed by atoms with Crippen LogP contribution in [0, 0.1) is 0 Å². The standard InChI is InChI=1S/C23H28N2O/c26-22-13-16-23(24-22)14-11-21(12-15-23)25(17-19-7-3-1-4-8-19)18-20-9-5-2-6-10-20/h1-10,21H,11-18H2,(H,24,26). The van der Waals surface area contributed by atoms with Gasteiger partial charge in [0.05, 0.1) is 0 Å². The number of carbonyl (C=O) groups is 1. The fourth-order valence-corrected chi connectivity index (χ4v) is 4.62. The van der Waals surface area contributed by atoms with E-state index < -0.39 is 0 Å². The minimum atomic E-state index is 0.0960. The quantitative estimate of drug-likeness (QED) is 0.875. The fraction of sp³-hybridized carbons (Fsp3) is 0.435. The molecule has 0 aromatic heterocycles. The third kappa shape index (κ3) is 3.99. The molecular weight excluding hydrogens is 320 g/mol. The van der Waals surface area contributed by atoms with E-state index in [-0.39, 0.29) is 11.4 Å². The molecule has 0 radical (unpaired) electrons. The highest BCUT2D eigenvalue weighted by molar-refractivity contribution is 5.79. The maximum absolute atomic E-state index is 11.7. The Balaban J connectivity index is 1.47. The summed E-state index contributed by atoms with van der Waals surface area (Å²) in [5.74, 6) is 0.244.